The lowest BCUT2D eigenvalue weighted by Gasteiger charge is -2.24. The lowest BCUT2D eigenvalue weighted by atomic mass is 10.2. The zero-order valence-electron chi connectivity index (χ0n) is 22.6. The molecule has 3 aromatic carbocycles. The van der Waals surface area contributed by atoms with Gasteiger partial charge >= 0.3 is 0 Å². The van der Waals surface area contributed by atoms with Gasteiger partial charge in [-0.05, 0) is 87.5 Å². The zero-order valence-corrected chi connectivity index (χ0v) is 24.2. The van der Waals surface area contributed by atoms with E-state index in [0.717, 1.165) is 9.87 Å². The summed E-state index contributed by atoms with van der Waals surface area (Å²) >= 11 is 0. The van der Waals surface area contributed by atoms with E-state index in [4.69, 9.17) is 4.74 Å². The van der Waals surface area contributed by atoms with Crippen molar-refractivity contribution in [2.24, 2.45) is 0 Å². The number of hydrogen-bond acceptors (Lipinski definition) is 8. The van der Waals surface area contributed by atoms with Crippen LogP contribution in [0.2, 0.25) is 0 Å². The molecule has 2 N–H and O–H groups in total. The normalized spacial score (nSPS) is 11.5. The highest BCUT2D eigenvalue weighted by Crippen LogP contribution is 2.26. The van der Waals surface area contributed by atoms with Gasteiger partial charge in [0.15, 0.2) is 0 Å². The third-order valence-corrected chi connectivity index (χ3v) is 8.93. The van der Waals surface area contributed by atoms with Gasteiger partial charge in [-0.1, -0.05) is 17.7 Å². The van der Waals surface area contributed by atoms with Crippen LogP contribution in [0.5, 0.6) is 5.75 Å². The lowest BCUT2D eigenvalue weighted by molar-refractivity contribution is -0.114. The summed E-state index contributed by atoms with van der Waals surface area (Å²) < 4.78 is 61.4. The van der Waals surface area contributed by atoms with Crippen LogP contribution in [0.3, 0.4) is 0 Å². The molecule has 0 unspecified atom stereocenters. The van der Waals surface area contributed by atoms with Crippen LogP contribution in [0.4, 0.5) is 17.3 Å². The van der Waals surface area contributed by atoms with E-state index in [9.17, 15) is 21.6 Å². The van der Waals surface area contributed by atoms with E-state index in [0.29, 0.717) is 23.7 Å². The molecule has 0 aliphatic heterocycles. The Morgan fingerprint density at radius 2 is 1.49 bits per heavy atom. The van der Waals surface area contributed by atoms with Gasteiger partial charge in [-0.2, -0.15) is 0 Å². The highest BCUT2D eigenvalue weighted by molar-refractivity contribution is 7.93. The first-order chi connectivity index (χ1) is 19.5. The third-order valence-electron chi connectivity index (χ3n) is 5.80. The molecule has 41 heavy (non-hydrogen) atoms. The number of nitrogens with one attached hydrogen (secondary N) is 2. The number of amides is 1. The fourth-order valence-electron chi connectivity index (χ4n) is 3.75. The Labute approximate surface area is 239 Å². The van der Waals surface area contributed by atoms with Crippen LogP contribution < -0.4 is 19.1 Å². The van der Waals surface area contributed by atoms with Crippen LogP contribution in [-0.2, 0) is 24.8 Å². The molecule has 1 aromatic heterocycles. The molecule has 0 aliphatic rings. The number of carbonyl (C=O) groups is 1. The molecule has 1 heterocycles. The molecular weight excluding hydrogens is 566 g/mol. The fraction of sp³-hybridized carbons (Fsp3) is 0.179. The van der Waals surface area contributed by atoms with Crippen molar-refractivity contribution in [3.63, 3.8) is 0 Å². The topological polar surface area (TPSA) is 148 Å². The number of aromatic nitrogens is 2. The predicted octanol–water partition coefficient (Wildman–Crippen LogP) is 4.13. The van der Waals surface area contributed by atoms with Gasteiger partial charge in [0.25, 0.3) is 20.0 Å². The molecule has 0 saturated carbocycles. The van der Waals surface area contributed by atoms with Gasteiger partial charge in [-0.25, -0.2) is 31.5 Å². The average molecular weight is 596 g/mol. The van der Waals surface area contributed by atoms with Gasteiger partial charge in [0, 0.05) is 17.6 Å². The smallest absolute Gasteiger partial charge is 0.264 e. The third kappa shape index (κ3) is 7.38. The van der Waals surface area contributed by atoms with Crippen LogP contribution in [-0.4, -0.2) is 45.9 Å². The van der Waals surface area contributed by atoms with Crippen LogP contribution in [0.15, 0.2) is 94.9 Å². The SMILES string of the molecule is CCOc1ccc(S(=O)(=O)N(CC(=O)Nc2ccc(S(=O)(=O)Nc3nccc(C)n3)cc2)c2ccc(C)cc2)cc1. The molecule has 4 aromatic rings. The number of nitrogens with zero attached hydrogens (tertiary/aromatic N) is 3. The molecule has 214 valence electrons. The summed E-state index contributed by atoms with van der Waals surface area (Å²) in [5, 5.41) is 2.63. The summed E-state index contributed by atoms with van der Waals surface area (Å²) in [5.41, 5.74) is 2.11. The molecular formula is C28H29N5O6S2. The summed E-state index contributed by atoms with van der Waals surface area (Å²) in [6.45, 7) is 5.32. The Balaban J connectivity index is 1.52. The van der Waals surface area contributed by atoms with E-state index in [1.165, 1.54) is 42.6 Å². The van der Waals surface area contributed by atoms with Gasteiger partial charge < -0.3 is 10.1 Å². The van der Waals surface area contributed by atoms with Crippen molar-refractivity contribution in [3.05, 3.63) is 96.3 Å². The largest absolute Gasteiger partial charge is 0.494 e. The van der Waals surface area contributed by atoms with E-state index in [2.05, 4.69) is 20.0 Å². The predicted molar refractivity (Wildman–Crippen MR) is 156 cm³/mol. The number of rotatable bonds is 11. The Hall–Kier alpha value is -4.49. The molecule has 0 aliphatic carbocycles. The van der Waals surface area contributed by atoms with Crippen LogP contribution in [0.1, 0.15) is 18.2 Å². The van der Waals surface area contributed by atoms with Crippen LogP contribution >= 0.6 is 0 Å². The van der Waals surface area contributed by atoms with Crippen molar-refractivity contribution in [3.8, 4) is 5.75 Å². The van der Waals surface area contributed by atoms with Crippen molar-refractivity contribution in [1.82, 2.24) is 9.97 Å². The van der Waals surface area contributed by atoms with E-state index >= 15 is 0 Å². The maximum absolute atomic E-state index is 13.6. The minimum absolute atomic E-state index is 0.00558. The summed E-state index contributed by atoms with van der Waals surface area (Å²) in [4.78, 5) is 20.9. The minimum Gasteiger partial charge on any atom is -0.494 e. The van der Waals surface area contributed by atoms with E-state index in [1.807, 2.05) is 13.8 Å². The quantitative estimate of drug-likeness (QED) is 0.263. The molecule has 1 amide bonds. The monoisotopic (exact) mass is 595 g/mol. The van der Waals surface area contributed by atoms with Gasteiger partial charge in [-0.3, -0.25) is 9.10 Å². The highest BCUT2D eigenvalue weighted by Gasteiger charge is 2.27. The number of benzene rings is 3. The Kier molecular flexibility index (Phi) is 8.89. The number of anilines is 3. The van der Waals surface area contributed by atoms with Gasteiger partial charge in [0.05, 0.1) is 22.1 Å². The molecule has 0 spiro atoms. The zero-order chi connectivity index (χ0) is 29.6. The Morgan fingerprint density at radius 3 is 2.10 bits per heavy atom. The number of sulfonamides is 2. The number of carbonyl (C=O) groups excluding carboxylic acids is 1. The molecule has 0 atom stereocenters. The van der Waals surface area contributed by atoms with Gasteiger partial charge in [0.2, 0.25) is 11.9 Å². The molecule has 0 radical (unpaired) electrons. The Bertz CT molecular complexity index is 1730. The maximum Gasteiger partial charge on any atom is 0.264 e. The van der Waals surface area contributed by atoms with Crippen LogP contribution in [0.25, 0.3) is 0 Å². The summed E-state index contributed by atoms with van der Waals surface area (Å²) in [6.07, 6.45) is 1.44. The fourth-order valence-corrected chi connectivity index (χ4v) is 6.13. The minimum atomic E-state index is -4.13. The van der Waals surface area contributed by atoms with E-state index < -0.39 is 32.5 Å². The number of ether oxygens (including phenoxy) is 1. The summed E-state index contributed by atoms with van der Waals surface area (Å²) in [6, 6.07) is 19.8. The van der Waals surface area contributed by atoms with Crippen molar-refractivity contribution < 1.29 is 26.4 Å². The first-order valence-corrected chi connectivity index (χ1v) is 15.4. The molecule has 0 bridgehead atoms. The van der Waals surface area contributed by atoms with E-state index in [-0.39, 0.29) is 21.4 Å². The second kappa shape index (κ2) is 12.4. The van der Waals surface area contributed by atoms with Crippen molar-refractivity contribution in [2.45, 2.75) is 30.6 Å². The maximum atomic E-state index is 13.6. The standard InChI is InChI=1S/C28H29N5O6S2/c1-4-39-24-11-15-26(16-12-24)41(37,38)33(23-9-5-20(2)6-10-23)19-27(34)31-22-7-13-25(14-8-22)40(35,36)32-28-29-18-17-21(3)30-28/h5-18H,4,19H2,1-3H3,(H,31,34)(H,29,30,32). The molecule has 11 nitrogen and oxygen atoms in total. The molecule has 0 fully saturated rings. The lowest BCUT2D eigenvalue weighted by Crippen LogP contribution is -2.38. The van der Waals surface area contributed by atoms with Crippen molar-refractivity contribution in [1.29, 1.82) is 0 Å². The number of hydrogen-bond donors (Lipinski definition) is 2. The second-order valence-corrected chi connectivity index (χ2v) is 12.5. The summed E-state index contributed by atoms with van der Waals surface area (Å²) in [5.74, 6) is -0.160. The van der Waals surface area contributed by atoms with Crippen molar-refractivity contribution >= 4 is 43.3 Å². The first-order valence-electron chi connectivity index (χ1n) is 12.5. The Morgan fingerprint density at radius 1 is 0.854 bits per heavy atom. The second-order valence-electron chi connectivity index (χ2n) is 8.95. The van der Waals surface area contributed by atoms with E-state index in [1.54, 1.807) is 49.4 Å². The highest BCUT2D eigenvalue weighted by atomic mass is 32.2. The molecule has 13 heteroatoms. The van der Waals surface area contributed by atoms with Gasteiger partial charge in [-0.15, -0.1) is 0 Å². The first kappa shape index (κ1) is 29.5. The van der Waals surface area contributed by atoms with Crippen LogP contribution in [0, 0.1) is 13.8 Å². The average Bonchev–Trinajstić information content (AvgIpc) is 2.93. The molecule has 0 saturated heterocycles. The van der Waals surface area contributed by atoms with Gasteiger partial charge in [0.1, 0.15) is 12.3 Å². The van der Waals surface area contributed by atoms with Crippen molar-refractivity contribution in [2.75, 3.05) is 27.5 Å². The number of aryl methyl sites for hydroxylation is 2. The summed E-state index contributed by atoms with van der Waals surface area (Å²) in [7, 11) is -8.10. The molecule has 4 rings (SSSR count).